The highest BCUT2D eigenvalue weighted by molar-refractivity contribution is 6.16. The predicted octanol–water partition coefficient (Wildman–Crippen LogP) is 2.48. The fraction of sp³-hybridized carbons (Fsp3) is 0.167. The number of alkyl halides is 1. The van der Waals surface area contributed by atoms with Gasteiger partial charge in [0, 0.05) is 11.6 Å². The molecule has 0 fully saturated rings. The molecule has 3 nitrogen and oxygen atoms in total. The Morgan fingerprint density at radius 1 is 1.38 bits per heavy atom. The summed E-state index contributed by atoms with van der Waals surface area (Å²) in [6.07, 6.45) is 0. The van der Waals surface area contributed by atoms with E-state index in [1.807, 2.05) is 31.2 Å². The lowest BCUT2D eigenvalue weighted by atomic mass is 10.1. The summed E-state index contributed by atoms with van der Waals surface area (Å²) in [5.74, 6) is 0.801. The van der Waals surface area contributed by atoms with E-state index >= 15 is 0 Å². The van der Waals surface area contributed by atoms with Gasteiger partial charge in [-0.2, -0.15) is 0 Å². The highest BCUT2D eigenvalue weighted by Gasteiger charge is 2.03. The van der Waals surface area contributed by atoms with Crippen molar-refractivity contribution >= 4 is 11.6 Å². The van der Waals surface area contributed by atoms with Gasteiger partial charge in [0.25, 0.3) is 5.56 Å². The van der Waals surface area contributed by atoms with Crippen molar-refractivity contribution in [3.63, 3.8) is 0 Å². The molecule has 1 heterocycles. The summed E-state index contributed by atoms with van der Waals surface area (Å²) in [6.45, 7) is 1.99. The summed E-state index contributed by atoms with van der Waals surface area (Å²) in [4.78, 5) is 18.4. The highest BCUT2D eigenvalue weighted by atomic mass is 35.5. The van der Waals surface area contributed by atoms with Crippen LogP contribution in [0.25, 0.3) is 11.4 Å². The van der Waals surface area contributed by atoms with Crippen LogP contribution in [0.3, 0.4) is 0 Å². The van der Waals surface area contributed by atoms with E-state index in [-0.39, 0.29) is 11.4 Å². The second kappa shape index (κ2) is 4.49. The molecule has 1 aromatic heterocycles. The van der Waals surface area contributed by atoms with Crippen molar-refractivity contribution < 1.29 is 0 Å². The number of aromatic amines is 1. The maximum Gasteiger partial charge on any atom is 0.251 e. The maximum atomic E-state index is 11.4. The van der Waals surface area contributed by atoms with Gasteiger partial charge in [0.05, 0.1) is 11.6 Å². The highest BCUT2D eigenvalue weighted by Crippen LogP contribution is 2.15. The van der Waals surface area contributed by atoms with Gasteiger partial charge in [0.2, 0.25) is 0 Å². The van der Waals surface area contributed by atoms with Gasteiger partial charge in [-0.05, 0) is 13.0 Å². The maximum absolute atomic E-state index is 11.4. The fourth-order valence-corrected chi connectivity index (χ4v) is 1.64. The number of nitrogens with zero attached hydrogens (tertiary/aromatic N) is 1. The van der Waals surface area contributed by atoms with Crippen molar-refractivity contribution in [1.82, 2.24) is 9.97 Å². The fourth-order valence-electron chi connectivity index (χ4n) is 1.51. The largest absolute Gasteiger partial charge is 0.307 e. The quantitative estimate of drug-likeness (QED) is 0.812. The van der Waals surface area contributed by atoms with E-state index in [9.17, 15) is 4.79 Å². The van der Waals surface area contributed by atoms with Crippen LogP contribution in [-0.4, -0.2) is 9.97 Å². The topological polar surface area (TPSA) is 45.8 Å². The third kappa shape index (κ3) is 2.31. The number of nitrogens with one attached hydrogen (secondary N) is 1. The molecule has 4 heteroatoms. The number of benzene rings is 1. The summed E-state index contributed by atoms with van der Waals surface area (Å²) in [5, 5.41) is 0. The van der Waals surface area contributed by atoms with E-state index < -0.39 is 0 Å². The molecule has 1 aromatic carbocycles. The predicted molar refractivity (Wildman–Crippen MR) is 64.6 cm³/mol. The smallest absolute Gasteiger partial charge is 0.251 e. The Kier molecular flexibility index (Phi) is 3.06. The van der Waals surface area contributed by atoms with Crippen LogP contribution in [0.4, 0.5) is 0 Å². The zero-order valence-corrected chi connectivity index (χ0v) is 9.58. The molecule has 0 unspecified atom stereocenters. The van der Waals surface area contributed by atoms with Gasteiger partial charge in [0.15, 0.2) is 0 Å². The number of hydrogen-bond donors (Lipinski definition) is 1. The molecule has 0 saturated carbocycles. The van der Waals surface area contributed by atoms with Gasteiger partial charge in [-0.1, -0.05) is 23.8 Å². The van der Waals surface area contributed by atoms with Crippen LogP contribution in [0.5, 0.6) is 0 Å². The molecular weight excluding hydrogens is 224 g/mol. The molecule has 82 valence electrons. The summed E-state index contributed by atoms with van der Waals surface area (Å²) in [6, 6.07) is 9.21. The minimum atomic E-state index is -0.179. The first-order chi connectivity index (χ1) is 7.69. The van der Waals surface area contributed by atoms with E-state index in [0.29, 0.717) is 11.5 Å². The van der Waals surface area contributed by atoms with Gasteiger partial charge in [-0.3, -0.25) is 4.79 Å². The van der Waals surface area contributed by atoms with E-state index in [4.69, 9.17) is 11.6 Å². The molecule has 2 rings (SSSR count). The van der Waals surface area contributed by atoms with Crippen molar-refractivity contribution in [2.24, 2.45) is 0 Å². The number of halogens is 1. The van der Waals surface area contributed by atoms with Crippen LogP contribution in [0.1, 0.15) is 11.3 Å². The number of H-pyrrole nitrogens is 1. The summed E-state index contributed by atoms with van der Waals surface area (Å²) < 4.78 is 0. The van der Waals surface area contributed by atoms with Gasteiger partial charge in [0.1, 0.15) is 5.82 Å². The lowest BCUT2D eigenvalue weighted by Gasteiger charge is -2.03. The lowest BCUT2D eigenvalue weighted by molar-refractivity contribution is 1.06. The molecular formula is C12H11ClN2O. The number of aromatic nitrogens is 2. The molecule has 0 amide bonds. The van der Waals surface area contributed by atoms with Crippen LogP contribution in [0.15, 0.2) is 35.1 Å². The molecule has 16 heavy (non-hydrogen) atoms. The van der Waals surface area contributed by atoms with Crippen LogP contribution >= 0.6 is 11.6 Å². The Bertz CT molecular complexity index is 563. The molecule has 0 aliphatic heterocycles. The lowest BCUT2D eigenvalue weighted by Crippen LogP contribution is -2.09. The van der Waals surface area contributed by atoms with Crippen LogP contribution < -0.4 is 5.56 Å². The molecule has 0 bridgehead atoms. The molecule has 0 aliphatic carbocycles. The minimum absolute atomic E-state index is 0.179. The van der Waals surface area contributed by atoms with Crippen LogP contribution in [-0.2, 0) is 5.88 Å². The monoisotopic (exact) mass is 234 g/mol. The summed E-state index contributed by atoms with van der Waals surface area (Å²) in [7, 11) is 0. The van der Waals surface area contributed by atoms with Crippen molar-refractivity contribution in [3.8, 4) is 11.4 Å². The first-order valence-electron chi connectivity index (χ1n) is 4.92. The average Bonchev–Trinajstić information content (AvgIpc) is 2.28. The molecule has 0 aliphatic rings. The third-order valence-corrected chi connectivity index (χ3v) is 2.50. The molecule has 1 N–H and O–H groups in total. The van der Waals surface area contributed by atoms with Crippen molar-refractivity contribution in [2.75, 3.05) is 0 Å². The zero-order chi connectivity index (χ0) is 11.5. The van der Waals surface area contributed by atoms with E-state index in [1.54, 1.807) is 0 Å². The number of hydrogen-bond acceptors (Lipinski definition) is 2. The van der Waals surface area contributed by atoms with Crippen molar-refractivity contribution in [3.05, 3.63) is 51.9 Å². The van der Waals surface area contributed by atoms with Gasteiger partial charge >= 0.3 is 0 Å². The molecule has 0 atom stereocenters. The van der Waals surface area contributed by atoms with Crippen LogP contribution in [0.2, 0.25) is 0 Å². The Morgan fingerprint density at radius 3 is 2.88 bits per heavy atom. The Balaban J connectivity index is 2.55. The minimum Gasteiger partial charge on any atom is -0.307 e. The van der Waals surface area contributed by atoms with Crippen LogP contribution in [0, 0.1) is 6.92 Å². The summed E-state index contributed by atoms with van der Waals surface area (Å²) >= 11 is 5.67. The normalized spacial score (nSPS) is 10.4. The first-order valence-corrected chi connectivity index (χ1v) is 5.46. The molecule has 2 aromatic rings. The summed E-state index contributed by atoms with van der Waals surface area (Å²) in [5.41, 5.74) is 2.42. The van der Waals surface area contributed by atoms with E-state index in [2.05, 4.69) is 9.97 Å². The van der Waals surface area contributed by atoms with Gasteiger partial charge in [-0.15, -0.1) is 11.6 Å². The molecule has 0 saturated heterocycles. The van der Waals surface area contributed by atoms with E-state index in [0.717, 1.165) is 11.1 Å². The van der Waals surface area contributed by atoms with E-state index in [1.165, 1.54) is 6.07 Å². The second-order valence-corrected chi connectivity index (χ2v) is 3.86. The Morgan fingerprint density at radius 2 is 2.19 bits per heavy atom. The third-order valence-electron chi connectivity index (χ3n) is 2.22. The SMILES string of the molecule is Cc1cccc(-c2nc(CCl)cc(=O)[nH]2)c1. The first kappa shape index (κ1) is 10.9. The second-order valence-electron chi connectivity index (χ2n) is 3.59. The molecule has 0 radical (unpaired) electrons. The average molecular weight is 235 g/mol. The van der Waals surface area contributed by atoms with Crippen molar-refractivity contribution in [2.45, 2.75) is 12.8 Å². The number of rotatable bonds is 2. The Labute approximate surface area is 98.1 Å². The zero-order valence-electron chi connectivity index (χ0n) is 8.83. The molecule has 0 spiro atoms. The Hall–Kier alpha value is -1.61. The van der Waals surface area contributed by atoms with Crippen molar-refractivity contribution in [1.29, 1.82) is 0 Å². The number of aryl methyl sites for hydroxylation is 1. The standard InChI is InChI=1S/C12H11ClN2O/c1-8-3-2-4-9(5-8)12-14-10(7-13)6-11(16)15-12/h2-6H,7H2,1H3,(H,14,15,16). The van der Waals surface area contributed by atoms with Gasteiger partial charge < -0.3 is 4.98 Å². The van der Waals surface area contributed by atoms with Gasteiger partial charge in [-0.25, -0.2) is 4.98 Å².